The van der Waals surface area contributed by atoms with E-state index >= 15 is 0 Å². The Balaban J connectivity index is 1.90. The number of thiazole rings is 1. The highest BCUT2D eigenvalue weighted by Crippen LogP contribution is 2.16. The molecule has 0 saturated heterocycles. The highest BCUT2D eigenvalue weighted by atomic mass is 79.9. The molecule has 0 fully saturated rings. The number of nitrogens with one attached hydrogen (secondary N) is 1. The second kappa shape index (κ2) is 5.41. The van der Waals surface area contributed by atoms with Crippen LogP contribution in [-0.4, -0.2) is 16.5 Å². The lowest BCUT2D eigenvalue weighted by atomic mass is 10.3. The van der Waals surface area contributed by atoms with E-state index in [1.54, 1.807) is 17.5 Å². The van der Waals surface area contributed by atoms with E-state index in [0.29, 0.717) is 0 Å². The number of hydrogen-bond acceptors (Lipinski definition) is 4. The first kappa shape index (κ1) is 11.5. The van der Waals surface area contributed by atoms with Gasteiger partial charge in [0.2, 0.25) is 0 Å². The Morgan fingerprint density at radius 2 is 2.31 bits per heavy atom. The predicted molar refractivity (Wildman–Crippen MR) is 71.0 cm³/mol. The lowest BCUT2D eigenvalue weighted by Crippen LogP contribution is -2.07. The molecule has 3 nitrogen and oxygen atoms in total. The van der Waals surface area contributed by atoms with E-state index in [1.807, 2.05) is 12.4 Å². The van der Waals surface area contributed by atoms with Gasteiger partial charge in [-0.1, -0.05) is 0 Å². The molecule has 0 amide bonds. The van der Waals surface area contributed by atoms with Crippen molar-refractivity contribution in [3.63, 3.8) is 0 Å². The molecule has 0 atom stereocenters. The van der Waals surface area contributed by atoms with Crippen molar-refractivity contribution in [1.82, 2.24) is 9.97 Å². The van der Waals surface area contributed by atoms with Gasteiger partial charge in [0.15, 0.2) is 0 Å². The summed E-state index contributed by atoms with van der Waals surface area (Å²) < 4.78 is 1.01. The second-order valence-corrected chi connectivity index (χ2v) is 5.11. The Hall–Kier alpha value is -0.940. The van der Waals surface area contributed by atoms with Crippen LogP contribution >= 0.6 is 27.3 Å². The SMILES string of the molecule is Cc1cc(Br)cnc1NCCc1cscn1. The summed E-state index contributed by atoms with van der Waals surface area (Å²) in [4.78, 5) is 8.56. The molecule has 0 spiro atoms. The first-order valence-corrected chi connectivity index (χ1v) is 6.72. The Labute approximate surface area is 107 Å². The zero-order valence-corrected chi connectivity index (χ0v) is 11.3. The molecule has 16 heavy (non-hydrogen) atoms. The number of anilines is 1. The summed E-state index contributed by atoms with van der Waals surface area (Å²) >= 11 is 5.03. The van der Waals surface area contributed by atoms with Gasteiger partial charge >= 0.3 is 0 Å². The normalized spacial score (nSPS) is 10.4. The third kappa shape index (κ3) is 3.02. The largest absolute Gasteiger partial charge is 0.369 e. The van der Waals surface area contributed by atoms with Gasteiger partial charge < -0.3 is 5.32 Å². The van der Waals surface area contributed by atoms with E-state index in [-0.39, 0.29) is 0 Å². The standard InChI is InChI=1S/C11H12BrN3S/c1-8-4-9(12)5-14-11(8)13-3-2-10-6-16-7-15-10/h4-7H,2-3H2,1H3,(H,13,14). The van der Waals surface area contributed by atoms with Crippen LogP contribution in [0.3, 0.4) is 0 Å². The van der Waals surface area contributed by atoms with Crippen LogP contribution in [0.1, 0.15) is 11.3 Å². The summed E-state index contributed by atoms with van der Waals surface area (Å²) in [6.45, 7) is 2.90. The van der Waals surface area contributed by atoms with Gasteiger partial charge in [-0.05, 0) is 34.5 Å². The molecule has 0 radical (unpaired) electrons. The van der Waals surface area contributed by atoms with Gasteiger partial charge in [-0.2, -0.15) is 0 Å². The van der Waals surface area contributed by atoms with Crippen molar-refractivity contribution < 1.29 is 0 Å². The van der Waals surface area contributed by atoms with Gasteiger partial charge in [-0.3, -0.25) is 0 Å². The summed E-state index contributed by atoms with van der Waals surface area (Å²) in [5.74, 6) is 0.943. The van der Waals surface area contributed by atoms with Crippen molar-refractivity contribution in [2.75, 3.05) is 11.9 Å². The van der Waals surface area contributed by atoms with Crippen LogP contribution < -0.4 is 5.32 Å². The minimum atomic E-state index is 0.860. The van der Waals surface area contributed by atoms with E-state index in [9.17, 15) is 0 Å². The van der Waals surface area contributed by atoms with Gasteiger partial charge in [-0.25, -0.2) is 9.97 Å². The molecule has 0 aliphatic heterocycles. The summed E-state index contributed by atoms with van der Waals surface area (Å²) in [5, 5.41) is 5.38. The van der Waals surface area contributed by atoms with E-state index in [0.717, 1.165) is 34.5 Å². The van der Waals surface area contributed by atoms with Crippen molar-refractivity contribution in [1.29, 1.82) is 0 Å². The van der Waals surface area contributed by atoms with Gasteiger partial charge in [0.1, 0.15) is 5.82 Å². The minimum absolute atomic E-state index is 0.860. The summed E-state index contributed by atoms with van der Waals surface area (Å²) in [7, 11) is 0. The zero-order valence-electron chi connectivity index (χ0n) is 8.90. The van der Waals surface area contributed by atoms with Crippen molar-refractivity contribution in [2.24, 2.45) is 0 Å². The van der Waals surface area contributed by atoms with E-state index in [1.165, 1.54) is 0 Å². The van der Waals surface area contributed by atoms with Crippen molar-refractivity contribution in [2.45, 2.75) is 13.3 Å². The van der Waals surface area contributed by atoms with Crippen LogP contribution in [0.5, 0.6) is 0 Å². The van der Waals surface area contributed by atoms with Gasteiger partial charge in [0, 0.05) is 29.0 Å². The van der Waals surface area contributed by atoms with E-state index in [4.69, 9.17) is 0 Å². The van der Waals surface area contributed by atoms with Crippen LogP contribution in [0.25, 0.3) is 0 Å². The van der Waals surface area contributed by atoms with Crippen LogP contribution in [0, 0.1) is 6.92 Å². The number of rotatable bonds is 4. The molecule has 0 saturated carbocycles. The molecular weight excluding hydrogens is 286 g/mol. The molecular formula is C11H12BrN3S. The number of pyridine rings is 1. The lowest BCUT2D eigenvalue weighted by Gasteiger charge is -2.07. The molecule has 0 aliphatic carbocycles. The van der Waals surface area contributed by atoms with Crippen molar-refractivity contribution >= 4 is 33.1 Å². The molecule has 2 rings (SSSR count). The maximum absolute atomic E-state index is 4.32. The molecule has 0 bridgehead atoms. The summed E-state index contributed by atoms with van der Waals surface area (Å²) in [6.07, 6.45) is 2.73. The van der Waals surface area contributed by atoms with Gasteiger partial charge in [0.25, 0.3) is 0 Å². The van der Waals surface area contributed by atoms with Crippen molar-refractivity contribution in [3.8, 4) is 0 Å². The number of nitrogens with zero attached hydrogens (tertiary/aromatic N) is 2. The fourth-order valence-electron chi connectivity index (χ4n) is 1.40. The maximum Gasteiger partial charge on any atom is 0.128 e. The van der Waals surface area contributed by atoms with E-state index in [2.05, 4.69) is 42.7 Å². The fourth-order valence-corrected chi connectivity index (χ4v) is 2.43. The number of aromatic nitrogens is 2. The molecule has 1 N–H and O–H groups in total. The average molecular weight is 298 g/mol. The zero-order chi connectivity index (χ0) is 11.4. The third-order valence-electron chi connectivity index (χ3n) is 2.20. The van der Waals surface area contributed by atoms with Crippen LogP contribution in [-0.2, 0) is 6.42 Å². The molecule has 2 aromatic rings. The number of halogens is 1. The molecule has 0 unspecified atom stereocenters. The quantitative estimate of drug-likeness (QED) is 0.941. The smallest absolute Gasteiger partial charge is 0.128 e. The Bertz CT molecular complexity index is 456. The first-order chi connectivity index (χ1) is 7.75. The Kier molecular flexibility index (Phi) is 3.90. The highest BCUT2D eigenvalue weighted by Gasteiger charge is 2.00. The number of hydrogen-bond donors (Lipinski definition) is 1. The van der Waals surface area contributed by atoms with Gasteiger partial charge in [-0.15, -0.1) is 11.3 Å². The molecule has 0 aliphatic rings. The molecule has 84 valence electrons. The molecule has 5 heteroatoms. The molecule has 2 heterocycles. The van der Waals surface area contributed by atoms with Gasteiger partial charge in [0.05, 0.1) is 11.2 Å². The molecule has 2 aromatic heterocycles. The Morgan fingerprint density at radius 1 is 1.44 bits per heavy atom. The third-order valence-corrected chi connectivity index (χ3v) is 3.27. The van der Waals surface area contributed by atoms with E-state index < -0.39 is 0 Å². The fraction of sp³-hybridized carbons (Fsp3) is 0.273. The second-order valence-electron chi connectivity index (χ2n) is 3.48. The monoisotopic (exact) mass is 297 g/mol. The summed E-state index contributed by atoms with van der Waals surface area (Å²) in [5.41, 5.74) is 4.14. The lowest BCUT2D eigenvalue weighted by molar-refractivity contribution is 0.964. The average Bonchev–Trinajstić information content (AvgIpc) is 2.74. The molecule has 0 aromatic carbocycles. The minimum Gasteiger partial charge on any atom is -0.369 e. The first-order valence-electron chi connectivity index (χ1n) is 4.99. The maximum atomic E-state index is 4.32. The van der Waals surface area contributed by atoms with Crippen LogP contribution in [0.2, 0.25) is 0 Å². The Morgan fingerprint density at radius 3 is 3.00 bits per heavy atom. The number of aryl methyl sites for hydroxylation is 1. The predicted octanol–water partition coefficient (Wildman–Crippen LogP) is 3.26. The van der Waals surface area contributed by atoms with Crippen LogP contribution in [0.4, 0.5) is 5.82 Å². The highest BCUT2D eigenvalue weighted by molar-refractivity contribution is 9.10. The van der Waals surface area contributed by atoms with Crippen LogP contribution in [0.15, 0.2) is 27.6 Å². The topological polar surface area (TPSA) is 37.8 Å². The van der Waals surface area contributed by atoms with Crippen molar-refractivity contribution in [3.05, 3.63) is 38.9 Å². The summed E-state index contributed by atoms with van der Waals surface area (Å²) in [6, 6.07) is 2.05.